The van der Waals surface area contributed by atoms with Gasteiger partial charge in [0, 0.05) is 38.1 Å². The number of thiophene rings is 1. The Kier molecular flexibility index (Phi) is 4.92. The Bertz CT molecular complexity index is 1100. The average Bonchev–Trinajstić information content (AvgIpc) is 3.07. The van der Waals surface area contributed by atoms with Crippen LogP contribution in [0.25, 0.3) is 0 Å². The summed E-state index contributed by atoms with van der Waals surface area (Å²) >= 11 is 5.04. The molecular weight excluding hydrogens is 446 g/mol. The highest BCUT2D eigenvalue weighted by molar-refractivity contribution is 9.10. The molecule has 2 aliphatic rings. The molecule has 0 fully saturated rings. The number of allylic oxidation sites excluding steroid dienone is 3. The molecule has 1 aromatic heterocycles. The molecule has 1 aromatic carbocycles. The van der Waals surface area contributed by atoms with Gasteiger partial charge in [0.2, 0.25) is 0 Å². The molecule has 148 valence electrons. The van der Waals surface area contributed by atoms with Crippen molar-refractivity contribution in [3.05, 3.63) is 73.3 Å². The van der Waals surface area contributed by atoms with Gasteiger partial charge in [-0.15, -0.1) is 11.3 Å². The predicted molar refractivity (Wildman–Crippen MR) is 120 cm³/mol. The normalized spacial score (nSPS) is 21.3. The first kappa shape index (κ1) is 19.9. The molecule has 1 atom stereocenters. The number of rotatable bonds is 2. The summed E-state index contributed by atoms with van der Waals surface area (Å²) < 4.78 is 0.945. The second-order valence-corrected chi connectivity index (χ2v) is 10.3. The minimum atomic E-state index is -0.406. The summed E-state index contributed by atoms with van der Waals surface area (Å²) in [6.45, 7) is 6.25. The number of benzene rings is 1. The minimum absolute atomic E-state index is 0.100. The van der Waals surface area contributed by atoms with Crippen molar-refractivity contribution in [1.82, 2.24) is 0 Å². The van der Waals surface area contributed by atoms with E-state index in [0.29, 0.717) is 23.4 Å². The second kappa shape index (κ2) is 7.16. The van der Waals surface area contributed by atoms with Crippen molar-refractivity contribution < 1.29 is 4.79 Å². The van der Waals surface area contributed by atoms with Crippen molar-refractivity contribution in [2.45, 2.75) is 39.5 Å². The SMILES string of the molecule is Cc1ccc(N2C(N)=C(C#N)[C@H](c3cc(Br)cs3)C3=C2CC(C)(C)CC3=O)cc1. The first-order chi connectivity index (χ1) is 13.7. The van der Waals surface area contributed by atoms with E-state index in [1.165, 1.54) is 0 Å². The second-order valence-electron chi connectivity index (χ2n) is 8.48. The molecule has 6 heteroatoms. The zero-order valence-electron chi connectivity index (χ0n) is 16.6. The molecule has 0 saturated carbocycles. The van der Waals surface area contributed by atoms with E-state index in [2.05, 4.69) is 35.8 Å². The van der Waals surface area contributed by atoms with Crippen molar-refractivity contribution >= 4 is 38.7 Å². The molecule has 1 aliphatic carbocycles. The summed E-state index contributed by atoms with van der Waals surface area (Å²) in [6.07, 6.45) is 1.19. The molecule has 4 nitrogen and oxygen atoms in total. The van der Waals surface area contributed by atoms with Gasteiger partial charge >= 0.3 is 0 Å². The molecule has 2 N–H and O–H groups in total. The first-order valence-electron chi connectivity index (χ1n) is 9.48. The maximum atomic E-state index is 13.4. The van der Waals surface area contributed by atoms with Crippen LogP contribution >= 0.6 is 27.3 Å². The number of nitriles is 1. The molecule has 0 spiro atoms. The Morgan fingerprint density at radius 1 is 1.28 bits per heavy atom. The van der Waals surface area contributed by atoms with Crippen LogP contribution < -0.4 is 10.6 Å². The smallest absolute Gasteiger partial charge is 0.162 e. The number of carbonyl (C=O) groups is 1. The van der Waals surface area contributed by atoms with Gasteiger partial charge in [-0.1, -0.05) is 31.5 Å². The van der Waals surface area contributed by atoms with Gasteiger partial charge in [-0.25, -0.2) is 0 Å². The molecule has 29 heavy (non-hydrogen) atoms. The van der Waals surface area contributed by atoms with E-state index >= 15 is 0 Å². The fourth-order valence-corrected chi connectivity index (χ4v) is 5.82. The number of aryl methyl sites for hydroxylation is 1. The molecule has 0 saturated heterocycles. The third kappa shape index (κ3) is 3.43. The number of anilines is 1. The first-order valence-corrected chi connectivity index (χ1v) is 11.2. The van der Waals surface area contributed by atoms with Gasteiger partial charge in [-0.05, 0) is 52.9 Å². The summed E-state index contributed by atoms with van der Waals surface area (Å²) in [5.74, 6) is 0.106. The van der Waals surface area contributed by atoms with Gasteiger partial charge in [0.05, 0.1) is 17.6 Å². The Balaban J connectivity index is 1.99. The Labute approximate surface area is 183 Å². The Morgan fingerprint density at radius 2 is 1.97 bits per heavy atom. The lowest BCUT2D eigenvalue weighted by Gasteiger charge is -2.43. The molecule has 4 rings (SSSR count). The minimum Gasteiger partial charge on any atom is -0.384 e. The number of nitrogens with zero attached hydrogens (tertiary/aromatic N) is 2. The molecular formula is C23H22BrN3OS. The fourth-order valence-electron chi connectivity index (χ4n) is 4.26. The summed E-state index contributed by atoms with van der Waals surface area (Å²) in [5, 5.41) is 12.0. The van der Waals surface area contributed by atoms with Crippen LogP contribution in [0, 0.1) is 23.7 Å². The van der Waals surface area contributed by atoms with Crippen LogP contribution in [0.3, 0.4) is 0 Å². The number of halogens is 1. The van der Waals surface area contributed by atoms with E-state index in [0.717, 1.165) is 32.7 Å². The zero-order valence-corrected chi connectivity index (χ0v) is 19.0. The number of hydrogen-bond acceptors (Lipinski definition) is 5. The molecule has 0 amide bonds. The highest BCUT2D eigenvalue weighted by Gasteiger charge is 2.45. The van der Waals surface area contributed by atoms with Crippen molar-refractivity contribution in [3.8, 4) is 6.07 Å². The Morgan fingerprint density at radius 3 is 2.55 bits per heavy atom. The standard InChI is InChI=1S/C23H22BrN3OS/c1-13-4-6-15(7-5-13)27-17-9-23(2,3)10-18(28)21(17)20(16(11-25)22(27)26)19-8-14(24)12-29-19/h4-8,12,20H,9-10,26H2,1-3H3/t20-/m1/s1. The van der Waals surface area contributed by atoms with Crippen LogP contribution in [0.15, 0.2) is 62.8 Å². The molecule has 0 radical (unpaired) electrons. The lowest BCUT2D eigenvalue weighted by molar-refractivity contribution is -0.118. The van der Waals surface area contributed by atoms with E-state index in [4.69, 9.17) is 5.73 Å². The van der Waals surface area contributed by atoms with Crippen molar-refractivity contribution in [3.63, 3.8) is 0 Å². The predicted octanol–water partition coefficient (Wildman–Crippen LogP) is 5.76. The highest BCUT2D eigenvalue weighted by atomic mass is 79.9. The topological polar surface area (TPSA) is 70.1 Å². The van der Waals surface area contributed by atoms with E-state index in [9.17, 15) is 10.1 Å². The van der Waals surface area contributed by atoms with Gasteiger partial charge in [0.25, 0.3) is 0 Å². The van der Waals surface area contributed by atoms with Crippen molar-refractivity contribution in [2.24, 2.45) is 11.1 Å². The number of ketones is 1. The third-order valence-corrected chi connectivity index (χ3v) is 7.30. The number of Topliss-reactive ketones (excluding diaryl/α,β-unsaturated/α-hetero) is 1. The zero-order chi connectivity index (χ0) is 20.9. The van der Waals surface area contributed by atoms with Crippen LogP contribution in [0.5, 0.6) is 0 Å². The van der Waals surface area contributed by atoms with Gasteiger partial charge in [-0.3, -0.25) is 9.69 Å². The van der Waals surface area contributed by atoms with Crippen LogP contribution in [0.1, 0.15) is 43.0 Å². The lowest BCUT2D eigenvalue weighted by Crippen LogP contribution is -2.42. The number of carbonyl (C=O) groups excluding carboxylic acids is 1. The van der Waals surface area contributed by atoms with E-state index in [1.807, 2.05) is 47.5 Å². The quantitative estimate of drug-likeness (QED) is 0.609. The number of nitrogens with two attached hydrogens (primary N) is 1. The maximum Gasteiger partial charge on any atom is 0.162 e. The highest BCUT2D eigenvalue weighted by Crippen LogP contribution is 2.51. The fraction of sp³-hybridized carbons (Fsp3) is 0.304. The van der Waals surface area contributed by atoms with Gasteiger partial charge < -0.3 is 5.73 Å². The molecule has 1 aliphatic heterocycles. The lowest BCUT2D eigenvalue weighted by atomic mass is 9.69. The van der Waals surface area contributed by atoms with Gasteiger partial charge in [0.1, 0.15) is 5.82 Å². The molecule has 0 bridgehead atoms. The van der Waals surface area contributed by atoms with E-state index in [-0.39, 0.29) is 11.2 Å². The van der Waals surface area contributed by atoms with Crippen LogP contribution in [0.2, 0.25) is 0 Å². The molecule has 0 unspecified atom stereocenters. The maximum absolute atomic E-state index is 13.4. The van der Waals surface area contributed by atoms with Crippen LogP contribution in [-0.2, 0) is 4.79 Å². The molecule has 2 heterocycles. The van der Waals surface area contributed by atoms with Crippen molar-refractivity contribution in [1.29, 1.82) is 5.26 Å². The van der Waals surface area contributed by atoms with Gasteiger partial charge in [0.15, 0.2) is 5.78 Å². The molecule has 2 aromatic rings. The summed E-state index contributed by atoms with van der Waals surface area (Å²) in [5.41, 5.74) is 10.5. The Hall–Kier alpha value is -2.36. The van der Waals surface area contributed by atoms with E-state index < -0.39 is 5.92 Å². The van der Waals surface area contributed by atoms with Crippen LogP contribution in [-0.4, -0.2) is 5.78 Å². The van der Waals surface area contributed by atoms with Gasteiger partial charge in [-0.2, -0.15) is 5.26 Å². The largest absolute Gasteiger partial charge is 0.384 e. The van der Waals surface area contributed by atoms with Crippen LogP contribution in [0.4, 0.5) is 5.69 Å². The summed E-state index contributed by atoms with van der Waals surface area (Å²) in [7, 11) is 0. The summed E-state index contributed by atoms with van der Waals surface area (Å²) in [4.78, 5) is 16.3. The van der Waals surface area contributed by atoms with E-state index in [1.54, 1.807) is 11.3 Å². The monoisotopic (exact) mass is 467 g/mol. The van der Waals surface area contributed by atoms with Crippen molar-refractivity contribution in [2.75, 3.05) is 4.90 Å². The summed E-state index contributed by atoms with van der Waals surface area (Å²) in [6, 6.07) is 12.3. The average molecular weight is 468 g/mol. The third-order valence-electron chi connectivity index (χ3n) is 5.55. The number of hydrogen-bond donors (Lipinski definition) is 1.